The highest BCUT2D eigenvalue weighted by Crippen LogP contribution is 2.67. The summed E-state index contributed by atoms with van der Waals surface area (Å²) in [5.41, 5.74) is 8.27. The molecule has 0 amide bonds. The number of hydrogen-bond donors (Lipinski definition) is 0. The molecule has 3 saturated carbocycles. The van der Waals surface area contributed by atoms with Crippen molar-refractivity contribution >= 4 is 21.8 Å². The third-order valence-electron chi connectivity index (χ3n) is 11.9. The molecule has 2 heterocycles. The molecule has 0 radical (unpaired) electrons. The van der Waals surface area contributed by atoms with Crippen LogP contribution in [0.1, 0.15) is 43.7 Å². The second-order valence-electron chi connectivity index (χ2n) is 14.8. The summed E-state index contributed by atoms with van der Waals surface area (Å²) in [6, 6.07) is 44.2. The number of para-hydroxylation sites is 2. The van der Waals surface area contributed by atoms with Crippen LogP contribution in [0.3, 0.4) is 0 Å². The Morgan fingerprint density at radius 2 is 1.33 bits per heavy atom. The molecule has 0 aliphatic heterocycles. The molecule has 3 aliphatic rings. The van der Waals surface area contributed by atoms with Crippen LogP contribution in [-0.4, -0.2) is 19.5 Å². The molecule has 0 bridgehead atoms. The molecule has 5 heteroatoms. The van der Waals surface area contributed by atoms with Crippen molar-refractivity contribution in [2.45, 2.75) is 38.0 Å². The largest absolute Gasteiger partial charge is 0.308 e. The van der Waals surface area contributed by atoms with Crippen LogP contribution in [0.15, 0.2) is 121 Å². The van der Waals surface area contributed by atoms with Crippen LogP contribution in [0.5, 0.6) is 0 Å². The van der Waals surface area contributed by atoms with E-state index in [4.69, 9.17) is 15.0 Å². The van der Waals surface area contributed by atoms with Gasteiger partial charge in [0.15, 0.2) is 17.5 Å². The highest BCUT2D eigenvalue weighted by molar-refractivity contribution is 6.13. The number of nitriles is 1. The van der Waals surface area contributed by atoms with Gasteiger partial charge in [0.2, 0.25) is 0 Å². The zero-order valence-corrected chi connectivity index (χ0v) is 27.4. The summed E-state index contributed by atoms with van der Waals surface area (Å²) < 4.78 is 2.42. The van der Waals surface area contributed by atoms with Crippen molar-refractivity contribution in [2.75, 3.05) is 0 Å². The number of hydrogen-bond acceptors (Lipinski definition) is 4. The molecular weight excluding hydrogens is 599 g/mol. The first kappa shape index (κ1) is 28.4. The SMILES string of the molecule is CC1(c2ccc3c4cccc(-c5nc(-c6ccccc6)nc(-c6cccc(C#N)c6)n5)c4n(-c4ccccc4)c3c2)C[C@H]2C[C@H]3C[C@@H](C1)C32. The number of benzene rings is 5. The molecule has 5 aromatic carbocycles. The van der Waals surface area contributed by atoms with E-state index in [9.17, 15) is 5.26 Å². The second kappa shape index (κ2) is 10.7. The third kappa shape index (κ3) is 4.40. The fourth-order valence-electron chi connectivity index (χ4n) is 9.72. The van der Waals surface area contributed by atoms with Crippen LogP contribution in [0, 0.1) is 35.0 Å². The normalized spacial score (nSPS) is 23.8. The fraction of sp³-hybridized carbons (Fsp3) is 0.227. The molecule has 3 aliphatic carbocycles. The summed E-state index contributed by atoms with van der Waals surface area (Å²) in [6.07, 6.45) is 5.48. The van der Waals surface area contributed by atoms with Crippen molar-refractivity contribution in [1.82, 2.24) is 19.5 Å². The summed E-state index contributed by atoms with van der Waals surface area (Å²) in [5, 5.41) is 12.1. The predicted molar refractivity (Wildman–Crippen MR) is 195 cm³/mol. The Hall–Kier alpha value is -5.60. The Kier molecular flexibility index (Phi) is 6.21. The zero-order chi connectivity index (χ0) is 32.7. The van der Waals surface area contributed by atoms with E-state index in [2.05, 4.69) is 84.3 Å². The van der Waals surface area contributed by atoms with E-state index in [1.54, 1.807) is 6.07 Å². The summed E-state index contributed by atoms with van der Waals surface area (Å²) in [5.74, 6) is 5.57. The van der Waals surface area contributed by atoms with E-state index in [-0.39, 0.29) is 5.41 Å². The van der Waals surface area contributed by atoms with Gasteiger partial charge in [0.25, 0.3) is 0 Å². The number of fused-ring (bicyclic) bond motifs is 3. The Balaban J connectivity index is 1.22. The van der Waals surface area contributed by atoms with Gasteiger partial charge >= 0.3 is 0 Å². The molecule has 10 rings (SSSR count). The highest BCUT2D eigenvalue weighted by Gasteiger charge is 2.59. The van der Waals surface area contributed by atoms with Crippen molar-refractivity contribution in [3.05, 3.63) is 132 Å². The fourth-order valence-corrected chi connectivity index (χ4v) is 9.72. The van der Waals surface area contributed by atoms with Crippen LogP contribution in [-0.2, 0) is 5.41 Å². The molecular formula is C44H35N5. The lowest BCUT2D eigenvalue weighted by atomic mass is 9.39. The summed E-state index contributed by atoms with van der Waals surface area (Å²) in [4.78, 5) is 15.2. The minimum absolute atomic E-state index is 0.192. The number of rotatable bonds is 5. The molecule has 3 fully saturated rings. The topological polar surface area (TPSA) is 67.4 Å². The molecule has 5 nitrogen and oxygen atoms in total. The van der Waals surface area contributed by atoms with Crippen molar-refractivity contribution in [3.8, 4) is 45.9 Å². The molecule has 0 spiro atoms. The van der Waals surface area contributed by atoms with Crippen LogP contribution in [0.25, 0.3) is 61.7 Å². The molecule has 0 N–H and O–H groups in total. The highest BCUT2D eigenvalue weighted by atomic mass is 15.0. The summed E-state index contributed by atoms with van der Waals surface area (Å²) in [7, 11) is 0. The van der Waals surface area contributed by atoms with Gasteiger partial charge in [-0.15, -0.1) is 0 Å². The van der Waals surface area contributed by atoms with Gasteiger partial charge in [-0.1, -0.05) is 91.9 Å². The van der Waals surface area contributed by atoms with Gasteiger partial charge < -0.3 is 4.57 Å². The average Bonchev–Trinajstić information content (AvgIpc) is 3.47. The molecule has 5 atom stereocenters. The van der Waals surface area contributed by atoms with Gasteiger partial charge in [-0.25, -0.2) is 15.0 Å². The lowest BCUT2D eigenvalue weighted by Crippen LogP contribution is -2.58. The molecule has 7 aromatic rings. The summed E-state index contributed by atoms with van der Waals surface area (Å²) in [6.45, 7) is 2.52. The van der Waals surface area contributed by atoms with Crippen LogP contribution >= 0.6 is 0 Å². The Labute approximate surface area is 285 Å². The molecule has 2 unspecified atom stereocenters. The van der Waals surface area contributed by atoms with Crippen molar-refractivity contribution in [1.29, 1.82) is 5.26 Å². The van der Waals surface area contributed by atoms with Gasteiger partial charge in [-0.05, 0) is 96.7 Å². The van der Waals surface area contributed by atoms with Gasteiger partial charge in [0.1, 0.15) is 0 Å². The first-order valence-corrected chi connectivity index (χ1v) is 17.5. The van der Waals surface area contributed by atoms with Crippen molar-refractivity contribution in [2.24, 2.45) is 23.7 Å². The number of aromatic nitrogens is 4. The van der Waals surface area contributed by atoms with E-state index < -0.39 is 0 Å². The molecule has 49 heavy (non-hydrogen) atoms. The lowest BCUT2D eigenvalue weighted by Gasteiger charge is -2.65. The van der Waals surface area contributed by atoms with E-state index in [0.29, 0.717) is 23.0 Å². The smallest absolute Gasteiger partial charge is 0.166 e. The van der Waals surface area contributed by atoms with Gasteiger partial charge in [-0.3, -0.25) is 0 Å². The van der Waals surface area contributed by atoms with E-state index in [1.165, 1.54) is 47.5 Å². The van der Waals surface area contributed by atoms with Crippen molar-refractivity contribution in [3.63, 3.8) is 0 Å². The lowest BCUT2D eigenvalue weighted by molar-refractivity contribution is -0.141. The van der Waals surface area contributed by atoms with Gasteiger partial charge in [0, 0.05) is 33.2 Å². The molecule has 236 valence electrons. The zero-order valence-electron chi connectivity index (χ0n) is 27.4. The molecule has 0 saturated heterocycles. The molecule has 2 aromatic heterocycles. The first-order chi connectivity index (χ1) is 24.1. The maximum absolute atomic E-state index is 9.66. The quantitative estimate of drug-likeness (QED) is 0.189. The minimum atomic E-state index is 0.192. The van der Waals surface area contributed by atoms with Crippen LogP contribution in [0.2, 0.25) is 0 Å². The maximum Gasteiger partial charge on any atom is 0.166 e. The van der Waals surface area contributed by atoms with Crippen LogP contribution < -0.4 is 0 Å². The van der Waals surface area contributed by atoms with E-state index >= 15 is 0 Å². The van der Waals surface area contributed by atoms with Gasteiger partial charge in [-0.2, -0.15) is 5.26 Å². The predicted octanol–water partition coefficient (Wildman–Crippen LogP) is 10.2. The number of nitrogens with zero attached hydrogens (tertiary/aromatic N) is 5. The monoisotopic (exact) mass is 633 g/mol. The van der Waals surface area contributed by atoms with Gasteiger partial charge in [0.05, 0.1) is 22.7 Å². The third-order valence-corrected chi connectivity index (χ3v) is 11.9. The maximum atomic E-state index is 9.66. The van der Waals surface area contributed by atoms with E-state index in [0.717, 1.165) is 51.6 Å². The Bertz CT molecular complexity index is 2440. The Morgan fingerprint density at radius 3 is 2.06 bits per heavy atom. The van der Waals surface area contributed by atoms with E-state index in [1.807, 2.05) is 48.5 Å². The Morgan fingerprint density at radius 1 is 0.653 bits per heavy atom. The second-order valence-corrected chi connectivity index (χ2v) is 14.8. The minimum Gasteiger partial charge on any atom is -0.308 e. The average molecular weight is 634 g/mol. The first-order valence-electron chi connectivity index (χ1n) is 17.5. The standard InChI is InChI=1S/C44H35N5/c1-44(24-31-21-30-22-32(25-44)39(30)31)33-18-19-35-36-16-9-17-37(40(36)49(38(35)23-33)34-14-6-3-7-15-34)43-47-41(28-11-4-2-5-12-28)46-42(48-43)29-13-8-10-27(20-29)26-45/h2-20,23,30-32,39H,21-22,24-25H2,1H3/t30-,31+,32-,39?,44?. The van der Waals surface area contributed by atoms with Crippen molar-refractivity contribution < 1.29 is 0 Å². The van der Waals surface area contributed by atoms with Crippen LogP contribution in [0.4, 0.5) is 0 Å². The summed E-state index contributed by atoms with van der Waals surface area (Å²) >= 11 is 0.